The van der Waals surface area contributed by atoms with Crippen molar-refractivity contribution in [3.63, 3.8) is 0 Å². The van der Waals surface area contributed by atoms with Crippen molar-refractivity contribution < 1.29 is 4.79 Å². The maximum absolute atomic E-state index is 13.1. The molecule has 0 spiro atoms. The zero-order chi connectivity index (χ0) is 14.9. The van der Waals surface area contributed by atoms with Crippen LogP contribution < -0.4 is 5.32 Å². The van der Waals surface area contributed by atoms with Gasteiger partial charge in [-0.3, -0.25) is 9.78 Å². The Morgan fingerprint density at radius 2 is 1.77 bits per heavy atom. The Hall–Kier alpha value is -2.36. The quantitative estimate of drug-likeness (QED) is 0.920. The number of nitrogens with zero attached hydrogens (tertiary/aromatic N) is 2. The van der Waals surface area contributed by atoms with E-state index in [1.54, 1.807) is 12.4 Å². The Morgan fingerprint density at radius 3 is 2.55 bits per heavy atom. The molecule has 4 nitrogen and oxygen atoms in total. The van der Waals surface area contributed by atoms with E-state index in [-0.39, 0.29) is 12.1 Å². The summed E-state index contributed by atoms with van der Waals surface area (Å²) >= 11 is 0. The van der Waals surface area contributed by atoms with Crippen molar-refractivity contribution in [2.75, 3.05) is 5.32 Å². The third-order valence-corrected chi connectivity index (χ3v) is 4.70. The molecule has 112 valence electrons. The molecular weight excluding hydrogens is 274 g/mol. The molecular formula is C18H19N3O. The van der Waals surface area contributed by atoms with Gasteiger partial charge in [-0.1, -0.05) is 25.0 Å². The number of fused-ring (bicyclic) bond motifs is 1. The normalized spacial score (nSPS) is 21.5. The average molecular weight is 293 g/mol. The molecule has 1 aromatic heterocycles. The second-order valence-corrected chi connectivity index (χ2v) is 6.02. The Balaban J connectivity index is 1.79. The maximum Gasteiger partial charge on any atom is 0.258 e. The molecule has 1 aromatic carbocycles. The molecule has 1 fully saturated rings. The summed E-state index contributed by atoms with van der Waals surface area (Å²) in [5, 5.41) is 3.55. The zero-order valence-corrected chi connectivity index (χ0v) is 12.4. The lowest BCUT2D eigenvalue weighted by Crippen LogP contribution is -2.47. The number of carbonyl (C=O) groups is 1. The number of pyridine rings is 1. The first-order valence-corrected chi connectivity index (χ1v) is 7.93. The van der Waals surface area contributed by atoms with E-state index >= 15 is 0 Å². The van der Waals surface area contributed by atoms with E-state index in [0.717, 1.165) is 29.7 Å². The van der Waals surface area contributed by atoms with E-state index < -0.39 is 0 Å². The summed E-state index contributed by atoms with van der Waals surface area (Å²) < 4.78 is 0. The molecule has 4 rings (SSSR count). The first-order chi connectivity index (χ1) is 10.8. The number of hydrogen-bond acceptors (Lipinski definition) is 3. The highest BCUT2D eigenvalue weighted by atomic mass is 16.2. The molecule has 0 bridgehead atoms. The number of nitrogens with one attached hydrogen (secondary N) is 1. The van der Waals surface area contributed by atoms with E-state index in [2.05, 4.69) is 10.3 Å². The smallest absolute Gasteiger partial charge is 0.258 e. The van der Waals surface area contributed by atoms with Gasteiger partial charge in [0.1, 0.15) is 6.17 Å². The first kappa shape index (κ1) is 13.3. The van der Waals surface area contributed by atoms with E-state index in [1.165, 1.54) is 12.8 Å². The van der Waals surface area contributed by atoms with Gasteiger partial charge in [-0.25, -0.2) is 0 Å². The fourth-order valence-corrected chi connectivity index (χ4v) is 3.62. The van der Waals surface area contributed by atoms with Gasteiger partial charge in [0.25, 0.3) is 5.91 Å². The topological polar surface area (TPSA) is 45.2 Å². The second-order valence-electron chi connectivity index (χ2n) is 6.02. The number of carbonyl (C=O) groups excluding carboxylic acids is 1. The largest absolute Gasteiger partial charge is 0.361 e. The highest BCUT2D eigenvalue weighted by Gasteiger charge is 2.38. The van der Waals surface area contributed by atoms with Gasteiger partial charge in [-0.15, -0.1) is 0 Å². The molecule has 2 aliphatic rings. The van der Waals surface area contributed by atoms with E-state index in [4.69, 9.17) is 0 Å². The van der Waals surface area contributed by atoms with Crippen LogP contribution in [0.4, 0.5) is 5.69 Å². The van der Waals surface area contributed by atoms with Crippen molar-refractivity contribution in [2.45, 2.75) is 37.9 Å². The summed E-state index contributed by atoms with van der Waals surface area (Å²) in [6, 6.07) is 12.1. The highest BCUT2D eigenvalue weighted by molar-refractivity contribution is 6.01. The van der Waals surface area contributed by atoms with Crippen LogP contribution in [-0.4, -0.2) is 21.8 Å². The summed E-state index contributed by atoms with van der Waals surface area (Å²) in [5.74, 6) is 0.142. The van der Waals surface area contributed by atoms with Gasteiger partial charge in [-0.05, 0) is 42.7 Å². The lowest BCUT2D eigenvalue weighted by Gasteiger charge is -2.41. The Bertz CT molecular complexity index is 680. The standard InChI is InChI=1S/C18H19N3O/c22-18-15-7-3-4-8-16(15)20-17(13-9-11-19-12-10-13)21(18)14-5-1-2-6-14/h3-4,7-12,14,17,20H,1-2,5-6H2/t17-/m1/s1. The van der Waals surface area contributed by atoms with Crippen LogP contribution in [0.15, 0.2) is 48.8 Å². The summed E-state index contributed by atoms with van der Waals surface area (Å²) in [6.45, 7) is 0. The fraction of sp³-hybridized carbons (Fsp3) is 0.333. The summed E-state index contributed by atoms with van der Waals surface area (Å²) in [5.41, 5.74) is 2.79. The van der Waals surface area contributed by atoms with Crippen molar-refractivity contribution in [3.8, 4) is 0 Å². The molecule has 2 aromatic rings. The van der Waals surface area contributed by atoms with Crippen LogP contribution in [0.1, 0.15) is 47.8 Å². The molecule has 1 aliphatic carbocycles. The monoisotopic (exact) mass is 293 g/mol. The fourth-order valence-electron chi connectivity index (χ4n) is 3.62. The van der Waals surface area contributed by atoms with Crippen LogP contribution in [0.3, 0.4) is 0 Å². The van der Waals surface area contributed by atoms with E-state index in [0.29, 0.717) is 6.04 Å². The maximum atomic E-state index is 13.1. The van der Waals surface area contributed by atoms with Crippen molar-refractivity contribution in [2.24, 2.45) is 0 Å². The minimum Gasteiger partial charge on any atom is -0.361 e. The summed E-state index contributed by atoms with van der Waals surface area (Å²) in [7, 11) is 0. The van der Waals surface area contributed by atoms with E-state index in [1.807, 2.05) is 41.3 Å². The Morgan fingerprint density at radius 1 is 1.05 bits per heavy atom. The van der Waals surface area contributed by atoms with Crippen molar-refractivity contribution >= 4 is 11.6 Å². The van der Waals surface area contributed by atoms with Gasteiger partial charge in [0.15, 0.2) is 0 Å². The number of rotatable bonds is 2. The summed E-state index contributed by atoms with van der Waals surface area (Å²) in [6.07, 6.45) is 8.07. The van der Waals surface area contributed by atoms with Crippen molar-refractivity contribution in [1.82, 2.24) is 9.88 Å². The molecule has 4 heteroatoms. The van der Waals surface area contributed by atoms with Gasteiger partial charge in [0, 0.05) is 24.1 Å². The third-order valence-electron chi connectivity index (χ3n) is 4.70. The molecule has 1 amide bonds. The minimum absolute atomic E-state index is 0.103. The van der Waals surface area contributed by atoms with Crippen LogP contribution >= 0.6 is 0 Å². The molecule has 1 aliphatic heterocycles. The van der Waals surface area contributed by atoms with Crippen LogP contribution in [0.25, 0.3) is 0 Å². The molecule has 1 atom stereocenters. The molecule has 0 radical (unpaired) electrons. The lowest BCUT2D eigenvalue weighted by molar-refractivity contribution is 0.0585. The number of hydrogen-bond donors (Lipinski definition) is 1. The van der Waals surface area contributed by atoms with Crippen LogP contribution in [0, 0.1) is 0 Å². The minimum atomic E-state index is -0.103. The molecule has 1 saturated carbocycles. The number of aromatic nitrogens is 1. The number of amides is 1. The molecule has 22 heavy (non-hydrogen) atoms. The van der Waals surface area contributed by atoms with Crippen molar-refractivity contribution in [1.29, 1.82) is 0 Å². The lowest BCUT2D eigenvalue weighted by atomic mass is 10.0. The number of benzene rings is 1. The zero-order valence-electron chi connectivity index (χ0n) is 12.4. The van der Waals surface area contributed by atoms with Gasteiger partial charge in [0.2, 0.25) is 0 Å². The van der Waals surface area contributed by atoms with Gasteiger partial charge in [-0.2, -0.15) is 0 Å². The van der Waals surface area contributed by atoms with Gasteiger partial charge >= 0.3 is 0 Å². The Labute approximate surface area is 130 Å². The number of para-hydroxylation sites is 1. The molecule has 1 N–H and O–H groups in total. The summed E-state index contributed by atoms with van der Waals surface area (Å²) in [4.78, 5) is 19.2. The van der Waals surface area contributed by atoms with Crippen LogP contribution in [0.5, 0.6) is 0 Å². The van der Waals surface area contributed by atoms with Crippen LogP contribution in [-0.2, 0) is 0 Å². The first-order valence-electron chi connectivity index (χ1n) is 7.93. The molecule has 0 saturated heterocycles. The third kappa shape index (κ3) is 2.15. The predicted molar refractivity (Wildman–Crippen MR) is 85.5 cm³/mol. The van der Waals surface area contributed by atoms with Crippen LogP contribution in [0.2, 0.25) is 0 Å². The number of anilines is 1. The van der Waals surface area contributed by atoms with E-state index in [9.17, 15) is 4.79 Å². The van der Waals surface area contributed by atoms with Crippen molar-refractivity contribution in [3.05, 3.63) is 59.9 Å². The SMILES string of the molecule is O=C1c2ccccc2N[C@@H](c2ccncc2)N1C1CCCC1. The predicted octanol–water partition coefficient (Wildman–Crippen LogP) is 3.59. The second kappa shape index (κ2) is 5.44. The highest BCUT2D eigenvalue weighted by Crippen LogP contribution is 2.38. The van der Waals surface area contributed by atoms with Gasteiger partial charge in [0.05, 0.1) is 5.56 Å². The Kier molecular flexibility index (Phi) is 3.29. The molecule has 2 heterocycles. The average Bonchev–Trinajstić information content (AvgIpc) is 3.10. The molecule has 0 unspecified atom stereocenters. The van der Waals surface area contributed by atoms with Gasteiger partial charge < -0.3 is 10.2 Å².